The van der Waals surface area contributed by atoms with Crippen LogP contribution in [0.2, 0.25) is 0 Å². The van der Waals surface area contributed by atoms with Gasteiger partial charge < -0.3 is 0 Å². The zero-order valence-corrected chi connectivity index (χ0v) is 29.7. The minimum absolute atomic E-state index is 1.22. The van der Waals surface area contributed by atoms with E-state index in [0.717, 1.165) is 0 Å². The Labute approximate surface area is 311 Å². The quantitative estimate of drug-likeness (QED) is 0.128. The van der Waals surface area contributed by atoms with Crippen molar-refractivity contribution in [2.45, 2.75) is 0 Å². The third kappa shape index (κ3) is 4.75. The Morgan fingerprint density at radius 3 is 1.66 bits per heavy atom. The highest BCUT2D eigenvalue weighted by atomic mass is 32.1. The Bertz CT molecular complexity index is 3220. The van der Waals surface area contributed by atoms with Crippen molar-refractivity contribution in [1.29, 1.82) is 0 Å². The molecule has 0 spiro atoms. The summed E-state index contributed by atoms with van der Waals surface area (Å²) in [4.78, 5) is 0. The maximum atomic E-state index is 2.41. The Balaban J connectivity index is 1.25. The first-order valence-electron chi connectivity index (χ1n) is 18.2. The second-order valence-electron chi connectivity index (χ2n) is 14.0. The summed E-state index contributed by atoms with van der Waals surface area (Å²) < 4.78 is 1.34. The summed E-state index contributed by atoms with van der Waals surface area (Å²) in [5, 5.41) is 16.4. The van der Waals surface area contributed by atoms with Crippen LogP contribution in [0.4, 0.5) is 0 Å². The molecule has 0 N–H and O–H groups in total. The molecule has 246 valence electrons. The van der Waals surface area contributed by atoms with E-state index >= 15 is 0 Å². The average molecular weight is 689 g/mol. The summed E-state index contributed by atoms with van der Waals surface area (Å²) in [6.45, 7) is 0. The summed E-state index contributed by atoms with van der Waals surface area (Å²) in [6, 6.07) is 69.6. The fourth-order valence-electron chi connectivity index (χ4n) is 8.66. The molecule has 0 saturated carbocycles. The molecule has 0 saturated heterocycles. The third-order valence-corrected chi connectivity index (χ3v) is 12.1. The van der Waals surface area contributed by atoms with Crippen molar-refractivity contribution < 1.29 is 0 Å². The third-order valence-electron chi connectivity index (χ3n) is 11.1. The maximum Gasteiger partial charge on any atom is 0.0427 e. The first-order valence-corrected chi connectivity index (χ1v) is 19.1. The number of hydrogen-bond acceptors (Lipinski definition) is 1. The lowest BCUT2D eigenvalue weighted by molar-refractivity contribution is 1.60. The van der Waals surface area contributed by atoms with E-state index in [-0.39, 0.29) is 0 Å². The lowest BCUT2D eigenvalue weighted by Gasteiger charge is -2.21. The van der Waals surface area contributed by atoms with Gasteiger partial charge in [0.2, 0.25) is 0 Å². The first kappa shape index (κ1) is 30.1. The van der Waals surface area contributed by atoms with Crippen LogP contribution in [0.25, 0.3) is 108 Å². The van der Waals surface area contributed by atoms with Gasteiger partial charge in [0.05, 0.1) is 0 Å². The van der Waals surface area contributed by atoms with Gasteiger partial charge in [0.15, 0.2) is 0 Å². The van der Waals surface area contributed by atoms with E-state index in [1.54, 1.807) is 0 Å². The highest BCUT2D eigenvalue weighted by Crippen LogP contribution is 2.49. The standard InChI is InChI=1S/C52H32S/c1-2-12-33(13-3-1)41-25-22-35-15-7-9-19-40(35)50(41)47-27-24-38-30-36-16-4-5-17-37(36)31-48(38)51(47)44-21-11-10-20-42(44)49-32-53-52-45-26-23-34-14-6-8-18-39(34)43(45)28-29-46(49)52/h1-32H. The smallest absolute Gasteiger partial charge is 0.0427 e. The summed E-state index contributed by atoms with van der Waals surface area (Å²) in [5.41, 5.74) is 10.0. The normalized spacial score (nSPS) is 11.8. The van der Waals surface area contributed by atoms with Crippen LogP contribution in [0.5, 0.6) is 0 Å². The van der Waals surface area contributed by atoms with Gasteiger partial charge in [-0.3, -0.25) is 0 Å². The van der Waals surface area contributed by atoms with Gasteiger partial charge in [-0.2, -0.15) is 0 Å². The van der Waals surface area contributed by atoms with E-state index in [2.05, 4.69) is 193 Å². The van der Waals surface area contributed by atoms with Gasteiger partial charge >= 0.3 is 0 Å². The van der Waals surface area contributed by atoms with Crippen LogP contribution in [0.15, 0.2) is 193 Å². The largest absolute Gasteiger partial charge is 0.142 e. The molecular formula is C52H32S. The summed E-state index contributed by atoms with van der Waals surface area (Å²) in [7, 11) is 0. The summed E-state index contributed by atoms with van der Waals surface area (Å²) in [5.74, 6) is 0. The molecule has 1 heterocycles. The molecule has 0 radical (unpaired) electrons. The molecule has 0 amide bonds. The van der Waals surface area contributed by atoms with E-state index in [0.29, 0.717) is 0 Å². The molecule has 0 aliphatic heterocycles. The molecule has 0 atom stereocenters. The fraction of sp³-hybridized carbons (Fsp3) is 0. The molecule has 0 nitrogen and oxygen atoms in total. The van der Waals surface area contributed by atoms with Gasteiger partial charge in [0, 0.05) is 21.0 Å². The number of rotatable bonds is 4. The number of fused-ring (bicyclic) bond motifs is 8. The van der Waals surface area contributed by atoms with Crippen LogP contribution in [-0.4, -0.2) is 0 Å². The van der Waals surface area contributed by atoms with E-state index in [1.807, 2.05) is 11.3 Å². The zero-order valence-electron chi connectivity index (χ0n) is 28.9. The Morgan fingerprint density at radius 2 is 0.830 bits per heavy atom. The second kappa shape index (κ2) is 12.0. The highest BCUT2D eigenvalue weighted by molar-refractivity contribution is 7.18. The molecule has 0 bridgehead atoms. The van der Waals surface area contributed by atoms with Crippen LogP contribution < -0.4 is 0 Å². The van der Waals surface area contributed by atoms with Crippen LogP contribution in [0.3, 0.4) is 0 Å². The molecular weight excluding hydrogens is 657 g/mol. The van der Waals surface area contributed by atoms with Gasteiger partial charge in [0.25, 0.3) is 0 Å². The Morgan fingerprint density at radius 1 is 0.264 bits per heavy atom. The molecule has 11 rings (SSSR count). The fourth-order valence-corrected chi connectivity index (χ4v) is 9.76. The molecule has 0 aliphatic rings. The van der Waals surface area contributed by atoms with Crippen LogP contribution in [0.1, 0.15) is 0 Å². The molecule has 0 unspecified atom stereocenters. The molecule has 1 heteroatoms. The Hall–Kier alpha value is -6.54. The molecule has 0 fully saturated rings. The molecule has 10 aromatic carbocycles. The lowest BCUT2D eigenvalue weighted by Crippen LogP contribution is -1.94. The predicted octanol–water partition coefficient (Wildman–Crippen LogP) is 15.3. The van der Waals surface area contributed by atoms with Gasteiger partial charge in [-0.25, -0.2) is 0 Å². The van der Waals surface area contributed by atoms with Crippen molar-refractivity contribution in [2.24, 2.45) is 0 Å². The molecule has 0 aliphatic carbocycles. The topological polar surface area (TPSA) is 0 Å². The van der Waals surface area contributed by atoms with E-state index < -0.39 is 0 Å². The molecule has 53 heavy (non-hydrogen) atoms. The molecule has 11 aromatic rings. The van der Waals surface area contributed by atoms with E-state index in [4.69, 9.17) is 0 Å². The minimum atomic E-state index is 1.22. The van der Waals surface area contributed by atoms with Gasteiger partial charge in [-0.15, -0.1) is 11.3 Å². The number of hydrogen-bond donors (Lipinski definition) is 0. The molecule has 1 aromatic heterocycles. The first-order chi connectivity index (χ1) is 26.3. The van der Waals surface area contributed by atoms with E-state index in [9.17, 15) is 0 Å². The van der Waals surface area contributed by atoms with Crippen molar-refractivity contribution in [3.8, 4) is 44.5 Å². The predicted molar refractivity (Wildman–Crippen MR) is 231 cm³/mol. The van der Waals surface area contributed by atoms with Gasteiger partial charge in [0.1, 0.15) is 0 Å². The average Bonchev–Trinajstić information content (AvgIpc) is 3.67. The van der Waals surface area contributed by atoms with Crippen molar-refractivity contribution in [1.82, 2.24) is 0 Å². The maximum absolute atomic E-state index is 2.41. The Kier molecular flexibility index (Phi) is 6.83. The van der Waals surface area contributed by atoms with Crippen molar-refractivity contribution >= 4 is 75.3 Å². The van der Waals surface area contributed by atoms with Gasteiger partial charge in [-0.1, -0.05) is 176 Å². The lowest BCUT2D eigenvalue weighted by atomic mass is 9.82. The SMILES string of the molecule is c1ccc(-c2ccc3ccccc3c2-c2ccc3cc4ccccc4cc3c2-c2ccccc2-c2csc3c2ccc2c4ccccc4ccc23)cc1. The van der Waals surface area contributed by atoms with Crippen LogP contribution >= 0.6 is 11.3 Å². The number of benzene rings is 10. The number of thiophene rings is 1. The van der Waals surface area contributed by atoms with Crippen LogP contribution in [-0.2, 0) is 0 Å². The summed E-state index contributed by atoms with van der Waals surface area (Å²) >= 11 is 1.86. The van der Waals surface area contributed by atoms with Crippen molar-refractivity contribution in [3.05, 3.63) is 193 Å². The monoisotopic (exact) mass is 688 g/mol. The minimum Gasteiger partial charge on any atom is -0.142 e. The highest BCUT2D eigenvalue weighted by Gasteiger charge is 2.22. The van der Waals surface area contributed by atoms with Crippen molar-refractivity contribution in [2.75, 3.05) is 0 Å². The second-order valence-corrected chi connectivity index (χ2v) is 14.9. The van der Waals surface area contributed by atoms with Gasteiger partial charge in [-0.05, 0) is 105 Å². The zero-order chi connectivity index (χ0) is 34.9. The van der Waals surface area contributed by atoms with E-state index in [1.165, 1.54) is 108 Å². The van der Waals surface area contributed by atoms with Crippen LogP contribution in [0, 0.1) is 0 Å². The summed E-state index contributed by atoms with van der Waals surface area (Å²) in [6.07, 6.45) is 0. The van der Waals surface area contributed by atoms with Crippen molar-refractivity contribution in [3.63, 3.8) is 0 Å².